The fourth-order valence-electron chi connectivity index (χ4n) is 1.37. The first-order chi connectivity index (χ1) is 7.75. The maximum absolute atomic E-state index is 5.65. The van der Waals surface area contributed by atoms with Gasteiger partial charge in [-0.2, -0.15) is 0 Å². The monoisotopic (exact) mass is 214 g/mol. The van der Waals surface area contributed by atoms with Gasteiger partial charge in [0.05, 0.1) is 5.69 Å². The second-order valence-electron chi connectivity index (χ2n) is 3.52. The summed E-state index contributed by atoms with van der Waals surface area (Å²) in [6.07, 6.45) is 0. The number of anilines is 1. The Hall–Kier alpha value is -2.00. The van der Waals surface area contributed by atoms with Crippen molar-refractivity contribution < 1.29 is 4.74 Å². The Labute approximate surface area is 95.0 Å². The van der Waals surface area contributed by atoms with E-state index in [0.29, 0.717) is 0 Å². The highest BCUT2D eigenvalue weighted by molar-refractivity contribution is 5.47. The van der Waals surface area contributed by atoms with E-state index >= 15 is 0 Å². The lowest BCUT2D eigenvalue weighted by atomic mass is 10.3. The molecule has 0 spiro atoms. The molecular weight excluding hydrogens is 200 g/mol. The number of hydrogen-bond acceptors (Lipinski definition) is 3. The second kappa shape index (κ2) is 4.68. The highest BCUT2D eigenvalue weighted by Crippen LogP contribution is 2.22. The molecule has 3 heteroatoms. The number of rotatable bonds is 3. The van der Waals surface area contributed by atoms with Gasteiger partial charge in [-0.15, -0.1) is 0 Å². The lowest BCUT2D eigenvalue weighted by molar-refractivity contribution is 0.482. The van der Waals surface area contributed by atoms with Crippen molar-refractivity contribution in [1.29, 1.82) is 0 Å². The Morgan fingerprint density at radius 3 is 2.00 bits per heavy atom. The molecule has 2 N–H and O–H groups in total. The summed E-state index contributed by atoms with van der Waals surface area (Å²) < 4.78 is 5.65. The summed E-state index contributed by atoms with van der Waals surface area (Å²) in [5.74, 6) is 7.24. The fourth-order valence-corrected chi connectivity index (χ4v) is 1.37. The smallest absolute Gasteiger partial charge is 0.127 e. The summed E-state index contributed by atoms with van der Waals surface area (Å²) in [7, 11) is 1.80. The molecule has 0 bridgehead atoms. The summed E-state index contributed by atoms with van der Waals surface area (Å²) in [6, 6.07) is 17.3. The van der Waals surface area contributed by atoms with Crippen LogP contribution >= 0.6 is 0 Å². The minimum atomic E-state index is 0.803. The molecule has 2 aromatic rings. The zero-order valence-corrected chi connectivity index (χ0v) is 9.13. The van der Waals surface area contributed by atoms with Crippen molar-refractivity contribution >= 4 is 5.69 Å². The average molecular weight is 214 g/mol. The van der Waals surface area contributed by atoms with Crippen LogP contribution in [0.4, 0.5) is 5.69 Å². The van der Waals surface area contributed by atoms with E-state index in [0.717, 1.165) is 17.2 Å². The first kappa shape index (κ1) is 10.5. The van der Waals surface area contributed by atoms with Crippen LogP contribution in [0.25, 0.3) is 0 Å². The summed E-state index contributed by atoms with van der Waals surface area (Å²) in [5, 5.41) is 1.56. The molecule has 3 nitrogen and oxygen atoms in total. The van der Waals surface area contributed by atoms with Crippen molar-refractivity contribution in [3.63, 3.8) is 0 Å². The molecule has 0 aromatic heterocycles. The molecule has 0 amide bonds. The van der Waals surface area contributed by atoms with Gasteiger partial charge in [0.15, 0.2) is 0 Å². The first-order valence-electron chi connectivity index (χ1n) is 5.07. The van der Waals surface area contributed by atoms with E-state index in [2.05, 4.69) is 0 Å². The minimum absolute atomic E-state index is 0.803. The molecule has 0 heterocycles. The molecule has 0 unspecified atom stereocenters. The van der Waals surface area contributed by atoms with Crippen LogP contribution in [0.5, 0.6) is 11.5 Å². The van der Waals surface area contributed by atoms with Gasteiger partial charge in [-0.3, -0.25) is 0 Å². The molecule has 0 aliphatic heterocycles. The van der Waals surface area contributed by atoms with E-state index < -0.39 is 0 Å². The number of para-hydroxylation sites is 1. The zero-order valence-electron chi connectivity index (χ0n) is 9.13. The largest absolute Gasteiger partial charge is 0.457 e. The average Bonchev–Trinajstić information content (AvgIpc) is 2.31. The third-order valence-corrected chi connectivity index (χ3v) is 2.22. The molecule has 0 saturated carbocycles. The highest BCUT2D eigenvalue weighted by Gasteiger charge is 1.98. The van der Waals surface area contributed by atoms with Gasteiger partial charge in [-0.05, 0) is 36.4 Å². The number of hydrogen-bond donors (Lipinski definition) is 1. The van der Waals surface area contributed by atoms with Gasteiger partial charge in [0.2, 0.25) is 0 Å². The van der Waals surface area contributed by atoms with Crippen LogP contribution in [-0.4, -0.2) is 7.05 Å². The van der Waals surface area contributed by atoms with E-state index in [1.165, 1.54) is 0 Å². The van der Waals surface area contributed by atoms with Gasteiger partial charge in [0, 0.05) is 7.05 Å². The van der Waals surface area contributed by atoms with Gasteiger partial charge in [0.25, 0.3) is 0 Å². The maximum Gasteiger partial charge on any atom is 0.127 e. The van der Waals surface area contributed by atoms with Crippen LogP contribution in [0, 0.1) is 0 Å². The van der Waals surface area contributed by atoms with Crippen molar-refractivity contribution in [2.45, 2.75) is 0 Å². The van der Waals surface area contributed by atoms with Gasteiger partial charge in [0.1, 0.15) is 11.5 Å². The number of hydrazine groups is 1. The third-order valence-electron chi connectivity index (χ3n) is 2.22. The van der Waals surface area contributed by atoms with E-state index in [-0.39, 0.29) is 0 Å². The number of nitrogens with two attached hydrogens (primary N) is 1. The van der Waals surface area contributed by atoms with Crippen LogP contribution in [0.2, 0.25) is 0 Å². The standard InChI is InChI=1S/C13H14N2O/c1-15(14)11-7-9-13(10-8-11)16-12-5-3-2-4-6-12/h2-10H,14H2,1H3. The molecule has 0 radical (unpaired) electrons. The van der Waals surface area contributed by atoms with Gasteiger partial charge < -0.3 is 9.75 Å². The molecule has 0 saturated heterocycles. The van der Waals surface area contributed by atoms with Gasteiger partial charge >= 0.3 is 0 Å². The Kier molecular flexibility index (Phi) is 3.08. The topological polar surface area (TPSA) is 38.5 Å². The molecular formula is C13H14N2O. The third kappa shape index (κ3) is 2.52. The highest BCUT2D eigenvalue weighted by atomic mass is 16.5. The van der Waals surface area contributed by atoms with E-state index in [1.54, 1.807) is 12.1 Å². The molecule has 16 heavy (non-hydrogen) atoms. The molecule has 0 aliphatic carbocycles. The maximum atomic E-state index is 5.65. The molecule has 0 atom stereocenters. The molecule has 0 fully saturated rings. The van der Waals surface area contributed by atoms with Crippen LogP contribution in [0.1, 0.15) is 0 Å². The number of benzene rings is 2. The molecule has 0 aliphatic rings. The van der Waals surface area contributed by atoms with Crippen molar-refractivity contribution in [1.82, 2.24) is 0 Å². The summed E-state index contributed by atoms with van der Waals surface area (Å²) >= 11 is 0. The van der Waals surface area contributed by atoms with Crippen molar-refractivity contribution in [3.8, 4) is 11.5 Å². The number of nitrogens with zero attached hydrogens (tertiary/aromatic N) is 1. The summed E-state index contributed by atoms with van der Waals surface area (Å²) in [4.78, 5) is 0. The molecule has 2 aromatic carbocycles. The van der Waals surface area contributed by atoms with Crippen LogP contribution in [-0.2, 0) is 0 Å². The Morgan fingerprint density at radius 1 is 0.875 bits per heavy atom. The van der Waals surface area contributed by atoms with Crippen LogP contribution in [0.3, 0.4) is 0 Å². The second-order valence-corrected chi connectivity index (χ2v) is 3.52. The van der Waals surface area contributed by atoms with Gasteiger partial charge in [-0.25, -0.2) is 5.84 Å². The Morgan fingerprint density at radius 2 is 1.44 bits per heavy atom. The first-order valence-corrected chi connectivity index (χ1v) is 5.07. The molecule has 2 rings (SSSR count). The van der Waals surface area contributed by atoms with E-state index in [9.17, 15) is 0 Å². The summed E-state index contributed by atoms with van der Waals surface area (Å²) in [5.41, 5.74) is 0.945. The zero-order chi connectivity index (χ0) is 11.4. The Bertz CT molecular complexity index is 437. The summed E-state index contributed by atoms with van der Waals surface area (Å²) in [6.45, 7) is 0. The van der Waals surface area contributed by atoms with Crippen molar-refractivity contribution in [2.75, 3.05) is 12.1 Å². The predicted octanol–water partition coefficient (Wildman–Crippen LogP) is 2.79. The van der Waals surface area contributed by atoms with E-state index in [1.807, 2.05) is 54.6 Å². The lowest BCUT2D eigenvalue weighted by Gasteiger charge is -2.12. The van der Waals surface area contributed by atoms with E-state index in [4.69, 9.17) is 10.6 Å². The Balaban J connectivity index is 2.11. The molecule has 82 valence electrons. The predicted molar refractivity (Wildman–Crippen MR) is 65.5 cm³/mol. The van der Waals surface area contributed by atoms with Crippen molar-refractivity contribution in [2.24, 2.45) is 5.84 Å². The van der Waals surface area contributed by atoms with Crippen molar-refractivity contribution in [3.05, 3.63) is 54.6 Å². The fraction of sp³-hybridized carbons (Fsp3) is 0.0769. The normalized spacial score (nSPS) is 9.88. The van der Waals surface area contributed by atoms with Crippen LogP contribution in [0.15, 0.2) is 54.6 Å². The quantitative estimate of drug-likeness (QED) is 0.630. The van der Waals surface area contributed by atoms with Gasteiger partial charge in [-0.1, -0.05) is 18.2 Å². The number of ether oxygens (including phenoxy) is 1. The minimum Gasteiger partial charge on any atom is -0.457 e. The lowest BCUT2D eigenvalue weighted by Crippen LogP contribution is -2.24. The van der Waals surface area contributed by atoms with Crippen LogP contribution < -0.4 is 15.6 Å². The SMILES string of the molecule is CN(N)c1ccc(Oc2ccccc2)cc1.